The van der Waals surface area contributed by atoms with Crippen LogP contribution in [0.5, 0.6) is 0 Å². The molecule has 10 nitrogen and oxygen atoms in total. The lowest BCUT2D eigenvalue weighted by Gasteiger charge is -2.53. The van der Waals surface area contributed by atoms with Crippen molar-refractivity contribution >= 4 is 23.8 Å². The summed E-state index contributed by atoms with van der Waals surface area (Å²) in [4.78, 5) is 65.5. The number of amides is 4. The first-order chi connectivity index (χ1) is 16.5. The van der Waals surface area contributed by atoms with E-state index in [1.807, 2.05) is 20.8 Å². The van der Waals surface area contributed by atoms with E-state index in [1.165, 1.54) is 4.90 Å². The van der Waals surface area contributed by atoms with E-state index in [1.54, 1.807) is 21.7 Å². The highest BCUT2D eigenvalue weighted by Gasteiger charge is 2.48. The Kier molecular flexibility index (Phi) is 5.52. The summed E-state index contributed by atoms with van der Waals surface area (Å²) in [7, 11) is 0. The number of pyridine rings is 1. The number of fused-ring (bicyclic) bond motifs is 1. The van der Waals surface area contributed by atoms with E-state index in [0.717, 1.165) is 25.7 Å². The maximum absolute atomic E-state index is 13.3. The monoisotopic (exact) mass is 484 g/mol. The van der Waals surface area contributed by atoms with Gasteiger partial charge in [-0.15, -0.1) is 0 Å². The minimum absolute atomic E-state index is 0.0359. The minimum Gasteiger partial charge on any atom is -0.444 e. The predicted molar refractivity (Wildman–Crippen MR) is 124 cm³/mol. The fourth-order valence-corrected chi connectivity index (χ4v) is 5.89. The highest BCUT2D eigenvalue weighted by molar-refractivity contribution is 6.05. The Morgan fingerprint density at radius 3 is 2.40 bits per heavy atom. The summed E-state index contributed by atoms with van der Waals surface area (Å²) in [5.74, 6) is -1.16. The molecule has 1 saturated carbocycles. The number of carbonyl (C=O) groups excluding carboxylic acids is 4. The molecule has 0 radical (unpaired) electrons. The first-order valence-corrected chi connectivity index (χ1v) is 12.3. The molecule has 4 aliphatic rings. The van der Waals surface area contributed by atoms with Gasteiger partial charge in [0.25, 0.3) is 11.5 Å². The average Bonchev–Trinajstić information content (AvgIpc) is 3.08. The summed E-state index contributed by atoms with van der Waals surface area (Å²) in [6.45, 7) is 7.03. The normalized spacial score (nSPS) is 24.3. The Morgan fingerprint density at radius 1 is 1.09 bits per heavy atom. The second-order valence-electron chi connectivity index (χ2n) is 11.4. The van der Waals surface area contributed by atoms with E-state index in [0.29, 0.717) is 24.2 Å². The quantitative estimate of drug-likeness (QED) is 0.641. The molecule has 1 aromatic heterocycles. The van der Waals surface area contributed by atoms with Crippen molar-refractivity contribution in [2.45, 2.75) is 83.5 Å². The number of carbonyl (C=O) groups is 4. The van der Waals surface area contributed by atoms with Gasteiger partial charge in [0, 0.05) is 42.7 Å². The van der Waals surface area contributed by atoms with Crippen molar-refractivity contribution in [3.05, 3.63) is 33.7 Å². The zero-order valence-electron chi connectivity index (χ0n) is 20.5. The van der Waals surface area contributed by atoms with Gasteiger partial charge in [0.05, 0.1) is 12.1 Å². The van der Waals surface area contributed by atoms with Crippen LogP contribution in [0.15, 0.2) is 17.1 Å². The molecule has 1 atom stereocenters. The van der Waals surface area contributed by atoms with E-state index in [4.69, 9.17) is 4.74 Å². The summed E-state index contributed by atoms with van der Waals surface area (Å²) in [6.07, 6.45) is 5.36. The van der Waals surface area contributed by atoms with E-state index in [-0.39, 0.29) is 54.3 Å². The molecule has 0 unspecified atom stereocenters. The van der Waals surface area contributed by atoms with Crippen LogP contribution in [-0.2, 0) is 20.9 Å². The largest absolute Gasteiger partial charge is 0.444 e. The van der Waals surface area contributed by atoms with Gasteiger partial charge in [-0.2, -0.15) is 0 Å². The Balaban J connectivity index is 1.23. The molecule has 4 amide bonds. The molecule has 1 spiro atoms. The van der Waals surface area contributed by atoms with E-state index >= 15 is 0 Å². The van der Waals surface area contributed by atoms with E-state index in [2.05, 4.69) is 5.32 Å². The van der Waals surface area contributed by atoms with Crippen molar-refractivity contribution < 1.29 is 23.9 Å². The highest BCUT2D eigenvalue weighted by Crippen LogP contribution is 2.47. The van der Waals surface area contributed by atoms with Crippen LogP contribution in [-0.4, -0.2) is 62.9 Å². The van der Waals surface area contributed by atoms with Crippen molar-refractivity contribution in [3.8, 4) is 0 Å². The van der Waals surface area contributed by atoms with Gasteiger partial charge in [-0.25, -0.2) is 4.79 Å². The zero-order valence-corrected chi connectivity index (χ0v) is 20.5. The van der Waals surface area contributed by atoms with Gasteiger partial charge in [0.2, 0.25) is 11.8 Å². The van der Waals surface area contributed by atoms with Crippen molar-refractivity contribution in [2.75, 3.05) is 13.1 Å². The Labute approximate surface area is 203 Å². The average molecular weight is 485 g/mol. The number of ether oxygens (including phenoxy) is 1. The van der Waals surface area contributed by atoms with Crippen molar-refractivity contribution in [1.82, 2.24) is 19.7 Å². The van der Waals surface area contributed by atoms with Crippen LogP contribution >= 0.6 is 0 Å². The maximum atomic E-state index is 13.3. The molecule has 1 N–H and O–H groups in total. The van der Waals surface area contributed by atoms with Crippen LogP contribution in [0.4, 0.5) is 4.79 Å². The van der Waals surface area contributed by atoms with Crippen molar-refractivity contribution in [1.29, 1.82) is 0 Å². The molecule has 3 fully saturated rings. The minimum atomic E-state index is -0.735. The molecule has 2 saturated heterocycles. The molecule has 1 aromatic rings. The van der Waals surface area contributed by atoms with Gasteiger partial charge in [-0.05, 0) is 58.9 Å². The smallest absolute Gasteiger partial charge is 0.410 e. The molecule has 10 heteroatoms. The number of hydrogen-bond acceptors (Lipinski definition) is 6. The van der Waals surface area contributed by atoms with E-state index < -0.39 is 17.6 Å². The molecule has 1 aliphatic carbocycles. The molecular formula is C25H32N4O6. The topological polar surface area (TPSA) is 118 Å². The number of rotatable bonds is 2. The third-order valence-corrected chi connectivity index (χ3v) is 7.74. The number of imide groups is 1. The van der Waals surface area contributed by atoms with Crippen LogP contribution in [0.2, 0.25) is 0 Å². The second-order valence-corrected chi connectivity index (χ2v) is 11.4. The van der Waals surface area contributed by atoms with Gasteiger partial charge in [0.1, 0.15) is 11.6 Å². The highest BCUT2D eigenvalue weighted by atomic mass is 16.6. The lowest BCUT2D eigenvalue weighted by Crippen LogP contribution is -2.60. The lowest BCUT2D eigenvalue weighted by atomic mass is 9.67. The molecule has 0 aromatic carbocycles. The molecule has 3 aliphatic heterocycles. The Bertz CT molecular complexity index is 1150. The van der Waals surface area contributed by atoms with E-state index in [9.17, 15) is 24.0 Å². The molecule has 5 rings (SSSR count). The van der Waals surface area contributed by atoms with Crippen LogP contribution in [0.25, 0.3) is 0 Å². The maximum Gasteiger partial charge on any atom is 0.410 e. The number of piperidine rings is 1. The SMILES string of the molecule is CC(C)(C)OC(=O)N1CC2(CCC(n3ccc4c(c3=O)CN([C@@H]3CCC(=O)NC3=O)C4=O)CC2)C1. The van der Waals surface area contributed by atoms with Crippen LogP contribution in [0.3, 0.4) is 0 Å². The molecule has 0 bridgehead atoms. The van der Waals surface area contributed by atoms with Crippen LogP contribution in [0.1, 0.15) is 81.3 Å². The fraction of sp³-hybridized carbons (Fsp3) is 0.640. The third kappa shape index (κ3) is 4.23. The molecule has 4 heterocycles. The number of hydrogen-bond donors (Lipinski definition) is 1. The zero-order chi connectivity index (χ0) is 25.1. The molecule has 35 heavy (non-hydrogen) atoms. The number of nitrogens with zero attached hydrogens (tertiary/aromatic N) is 3. The molecule has 188 valence electrons. The summed E-state index contributed by atoms with van der Waals surface area (Å²) < 4.78 is 7.20. The van der Waals surface area contributed by atoms with Crippen LogP contribution in [0, 0.1) is 5.41 Å². The van der Waals surface area contributed by atoms with Gasteiger partial charge < -0.3 is 19.1 Å². The Morgan fingerprint density at radius 2 is 1.77 bits per heavy atom. The van der Waals surface area contributed by atoms with Gasteiger partial charge >= 0.3 is 6.09 Å². The number of aromatic nitrogens is 1. The standard InChI is InChI=1S/C25H32N4O6/c1-24(2,3)35-23(34)27-13-25(14-27)9-6-15(7-10-25)28-11-8-16-17(22(28)33)12-29(21(16)32)18-4-5-19(30)26-20(18)31/h8,11,15,18H,4-7,9-10,12-14H2,1-3H3,(H,26,30,31)/t18-/m1/s1. The third-order valence-electron chi connectivity index (χ3n) is 7.74. The van der Waals surface area contributed by atoms with Crippen molar-refractivity contribution in [2.24, 2.45) is 5.41 Å². The summed E-state index contributed by atoms with van der Waals surface area (Å²) in [5, 5.41) is 2.28. The number of nitrogens with one attached hydrogen (secondary N) is 1. The lowest BCUT2D eigenvalue weighted by molar-refractivity contribution is -0.136. The van der Waals surface area contributed by atoms with Crippen LogP contribution < -0.4 is 10.9 Å². The van der Waals surface area contributed by atoms with Crippen molar-refractivity contribution in [3.63, 3.8) is 0 Å². The van der Waals surface area contributed by atoms with Gasteiger partial charge in [-0.1, -0.05) is 0 Å². The first-order valence-electron chi connectivity index (χ1n) is 12.3. The van der Waals surface area contributed by atoms with Gasteiger partial charge in [0.15, 0.2) is 0 Å². The first kappa shape index (κ1) is 23.6. The fourth-order valence-electron chi connectivity index (χ4n) is 5.89. The summed E-state index contributed by atoms with van der Waals surface area (Å²) in [6, 6.07) is 0.985. The second kappa shape index (κ2) is 8.20. The number of likely N-dealkylation sites (tertiary alicyclic amines) is 1. The summed E-state index contributed by atoms with van der Waals surface area (Å²) in [5.41, 5.74) is 0.154. The summed E-state index contributed by atoms with van der Waals surface area (Å²) >= 11 is 0. The van der Waals surface area contributed by atoms with Gasteiger partial charge in [-0.3, -0.25) is 24.5 Å². The molecular weight excluding hydrogens is 452 g/mol. The Hall–Kier alpha value is -3.17. The predicted octanol–water partition coefficient (Wildman–Crippen LogP) is 1.96.